The molecule has 172 valence electrons. The van der Waals surface area contributed by atoms with Gasteiger partial charge < -0.3 is 15.5 Å². The topological polar surface area (TPSA) is 102 Å². The van der Waals surface area contributed by atoms with E-state index in [-0.39, 0.29) is 30.8 Å². The average molecular weight is 442 g/mol. The summed E-state index contributed by atoms with van der Waals surface area (Å²) in [5, 5.41) is 5.77. The number of rotatable bonds is 5. The number of nitrogens with one attached hydrogen (secondary N) is 2. The molecule has 3 fully saturated rings. The minimum absolute atomic E-state index is 0.0836. The molecule has 2 N–H and O–H groups in total. The Hall–Kier alpha value is -2.94. The molecule has 2 heterocycles. The molecule has 5 amide bonds. The molecule has 0 radical (unpaired) electrons. The quantitative estimate of drug-likeness (QED) is 0.670. The Labute approximate surface area is 188 Å². The van der Waals surface area contributed by atoms with Crippen LogP contribution in [0.1, 0.15) is 36.8 Å². The largest absolute Gasteiger partial charge is 0.339 e. The number of amides is 5. The van der Waals surface area contributed by atoms with Crippen LogP contribution >= 0.6 is 0 Å². The third kappa shape index (κ3) is 4.34. The average Bonchev–Trinajstić information content (AvgIpc) is 3.32. The van der Waals surface area contributed by atoms with E-state index in [0.29, 0.717) is 39.0 Å². The molecule has 9 nitrogen and oxygen atoms in total. The SMILES string of the molecule is Cc1cccc(NC(=O)CN2CCN(C(=O)CN3C(=O)NC4(CCCC4)C3=O)CC2)c1C. The first kappa shape index (κ1) is 22.3. The van der Waals surface area contributed by atoms with Gasteiger partial charge in [0.05, 0.1) is 6.54 Å². The molecule has 0 bridgehead atoms. The third-order valence-electron chi connectivity index (χ3n) is 6.97. The maximum absolute atomic E-state index is 12.7. The van der Waals surface area contributed by atoms with E-state index in [0.717, 1.165) is 34.6 Å². The van der Waals surface area contributed by atoms with Crippen molar-refractivity contribution in [2.24, 2.45) is 0 Å². The van der Waals surface area contributed by atoms with Gasteiger partial charge in [0.1, 0.15) is 12.1 Å². The van der Waals surface area contributed by atoms with Gasteiger partial charge in [-0.2, -0.15) is 0 Å². The van der Waals surface area contributed by atoms with E-state index < -0.39 is 11.6 Å². The fraction of sp³-hybridized carbons (Fsp3) is 0.565. The molecule has 0 atom stereocenters. The normalized spacial score (nSPS) is 20.7. The van der Waals surface area contributed by atoms with Crippen LogP contribution in [-0.4, -0.2) is 83.3 Å². The summed E-state index contributed by atoms with van der Waals surface area (Å²) in [5.41, 5.74) is 2.20. The predicted molar refractivity (Wildman–Crippen MR) is 119 cm³/mol. The molecule has 9 heteroatoms. The van der Waals surface area contributed by atoms with Crippen molar-refractivity contribution in [1.29, 1.82) is 0 Å². The van der Waals surface area contributed by atoms with Crippen molar-refractivity contribution in [1.82, 2.24) is 20.0 Å². The lowest BCUT2D eigenvalue weighted by atomic mass is 9.98. The standard InChI is InChI=1S/C23H31N5O4/c1-16-6-5-7-18(17(16)2)24-19(29)14-26-10-12-27(13-11-26)20(30)15-28-21(31)23(25-22(28)32)8-3-4-9-23/h5-7H,3-4,8-15H2,1-2H3,(H,24,29)(H,25,32). The van der Waals surface area contributed by atoms with Crippen LogP contribution in [0.4, 0.5) is 10.5 Å². The molecular formula is C23H31N5O4. The molecule has 1 aliphatic carbocycles. The van der Waals surface area contributed by atoms with Crippen molar-refractivity contribution in [2.45, 2.75) is 45.1 Å². The van der Waals surface area contributed by atoms with Crippen molar-refractivity contribution in [3.8, 4) is 0 Å². The number of nitrogens with zero attached hydrogens (tertiary/aromatic N) is 3. The predicted octanol–water partition coefficient (Wildman–Crippen LogP) is 1.25. The maximum Gasteiger partial charge on any atom is 0.325 e. The van der Waals surface area contributed by atoms with Crippen LogP contribution in [0.5, 0.6) is 0 Å². The summed E-state index contributed by atoms with van der Waals surface area (Å²) in [6.45, 7) is 6.08. The van der Waals surface area contributed by atoms with Gasteiger partial charge in [-0.1, -0.05) is 25.0 Å². The Morgan fingerprint density at radius 2 is 1.72 bits per heavy atom. The van der Waals surface area contributed by atoms with Crippen LogP contribution in [0.15, 0.2) is 18.2 Å². The van der Waals surface area contributed by atoms with E-state index in [1.54, 1.807) is 4.90 Å². The van der Waals surface area contributed by atoms with Crippen molar-refractivity contribution in [2.75, 3.05) is 44.6 Å². The second-order valence-electron chi connectivity index (χ2n) is 9.06. The van der Waals surface area contributed by atoms with Gasteiger partial charge in [-0.15, -0.1) is 0 Å². The smallest absolute Gasteiger partial charge is 0.325 e. The lowest BCUT2D eigenvalue weighted by molar-refractivity contribution is -0.140. The number of piperazine rings is 1. The molecule has 32 heavy (non-hydrogen) atoms. The van der Waals surface area contributed by atoms with Crippen molar-refractivity contribution >= 4 is 29.4 Å². The highest BCUT2D eigenvalue weighted by Crippen LogP contribution is 2.35. The molecule has 1 aromatic carbocycles. The molecule has 1 aromatic rings. The van der Waals surface area contributed by atoms with E-state index >= 15 is 0 Å². The van der Waals surface area contributed by atoms with Gasteiger partial charge in [-0.25, -0.2) is 4.79 Å². The monoisotopic (exact) mass is 441 g/mol. The second-order valence-corrected chi connectivity index (χ2v) is 9.06. The number of anilines is 1. The first-order chi connectivity index (χ1) is 15.3. The molecule has 1 saturated carbocycles. The Balaban J connectivity index is 1.25. The zero-order valence-electron chi connectivity index (χ0n) is 18.8. The van der Waals surface area contributed by atoms with Crippen molar-refractivity contribution in [3.05, 3.63) is 29.3 Å². The molecule has 2 saturated heterocycles. The number of urea groups is 1. The zero-order valence-corrected chi connectivity index (χ0v) is 18.8. The van der Waals surface area contributed by atoms with Crippen LogP contribution in [0.2, 0.25) is 0 Å². The van der Waals surface area contributed by atoms with Gasteiger partial charge in [-0.3, -0.25) is 24.2 Å². The Morgan fingerprint density at radius 1 is 1.03 bits per heavy atom. The first-order valence-corrected chi connectivity index (χ1v) is 11.3. The van der Waals surface area contributed by atoms with Crippen LogP contribution in [0.3, 0.4) is 0 Å². The summed E-state index contributed by atoms with van der Waals surface area (Å²) in [6, 6.07) is 5.35. The Bertz CT molecular complexity index is 932. The lowest BCUT2D eigenvalue weighted by Crippen LogP contribution is -2.53. The Kier molecular flexibility index (Phi) is 6.19. The molecule has 3 aliphatic rings. The summed E-state index contributed by atoms with van der Waals surface area (Å²) in [5.74, 6) is -0.585. The molecule has 1 spiro atoms. The van der Waals surface area contributed by atoms with E-state index in [1.807, 2.05) is 36.9 Å². The van der Waals surface area contributed by atoms with Gasteiger partial charge in [0.15, 0.2) is 0 Å². The second kappa shape index (κ2) is 8.90. The van der Waals surface area contributed by atoms with Gasteiger partial charge >= 0.3 is 6.03 Å². The highest BCUT2D eigenvalue weighted by Gasteiger charge is 2.52. The van der Waals surface area contributed by atoms with Crippen LogP contribution in [0, 0.1) is 13.8 Å². The van der Waals surface area contributed by atoms with Crippen molar-refractivity contribution < 1.29 is 19.2 Å². The molecule has 2 aliphatic heterocycles. The summed E-state index contributed by atoms with van der Waals surface area (Å²) < 4.78 is 0. The maximum atomic E-state index is 12.7. The van der Waals surface area contributed by atoms with Gasteiger partial charge in [0.25, 0.3) is 5.91 Å². The summed E-state index contributed by atoms with van der Waals surface area (Å²) >= 11 is 0. The van der Waals surface area contributed by atoms with Crippen molar-refractivity contribution in [3.63, 3.8) is 0 Å². The van der Waals surface area contributed by atoms with Crippen LogP contribution < -0.4 is 10.6 Å². The number of carbonyl (C=O) groups excluding carboxylic acids is 4. The fourth-order valence-electron chi connectivity index (χ4n) is 4.81. The van der Waals surface area contributed by atoms with E-state index in [2.05, 4.69) is 10.6 Å². The highest BCUT2D eigenvalue weighted by atomic mass is 16.2. The van der Waals surface area contributed by atoms with Gasteiger partial charge in [0, 0.05) is 31.9 Å². The number of carbonyl (C=O) groups is 4. The minimum atomic E-state index is -0.793. The summed E-state index contributed by atoms with van der Waals surface area (Å²) in [4.78, 5) is 55.0. The number of aryl methyl sites for hydroxylation is 1. The molecule has 0 aromatic heterocycles. The summed E-state index contributed by atoms with van der Waals surface area (Å²) in [7, 11) is 0. The van der Waals surface area contributed by atoms with Gasteiger partial charge in [0.2, 0.25) is 11.8 Å². The van der Waals surface area contributed by atoms with Gasteiger partial charge in [-0.05, 0) is 43.9 Å². The van der Waals surface area contributed by atoms with E-state index in [4.69, 9.17) is 0 Å². The minimum Gasteiger partial charge on any atom is -0.339 e. The van der Waals surface area contributed by atoms with Crippen LogP contribution in [-0.2, 0) is 14.4 Å². The Morgan fingerprint density at radius 3 is 2.41 bits per heavy atom. The molecule has 4 rings (SSSR count). The molecular weight excluding hydrogens is 410 g/mol. The number of hydrogen-bond acceptors (Lipinski definition) is 5. The van der Waals surface area contributed by atoms with E-state index in [9.17, 15) is 19.2 Å². The number of hydrogen-bond donors (Lipinski definition) is 2. The van der Waals surface area contributed by atoms with E-state index in [1.165, 1.54) is 0 Å². The first-order valence-electron chi connectivity index (χ1n) is 11.3. The summed E-state index contributed by atoms with van der Waals surface area (Å²) in [6.07, 6.45) is 3.11. The fourth-order valence-corrected chi connectivity index (χ4v) is 4.81. The number of benzene rings is 1. The molecule has 0 unspecified atom stereocenters. The highest BCUT2D eigenvalue weighted by molar-refractivity contribution is 6.09. The van der Waals surface area contributed by atoms with Crippen LogP contribution in [0.25, 0.3) is 0 Å². The third-order valence-corrected chi connectivity index (χ3v) is 6.97. The zero-order chi connectivity index (χ0) is 22.9. The number of imide groups is 1. The lowest BCUT2D eigenvalue weighted by Gasteiger charge is -2.35.